The largest absolute Gasteiger partial charge is 0.379 e. The predicted octanol–water partition coefficient (Wildman–Crippen LogP) is 3.16. The van der Waals surface area contributed by atoms with Gasteiger partial charge in [-0.1, -0.05) is 25.5 Å². The Bertz CT molecular complexity index is 405. The van der Waals surface area contributed by atoms with Crippen LogP contribution in [0.3, 0.4) is 0 Å². The van der Waals surface area contributed by atoms with E-state index < -0.39 is 0 Å². The van der Waals surface area contributed by atoms with Gasteiger partial charge in [-0.3, -0.25) is 4.79 Å². The van der Waals surface area contributed by atoms with Crippen molar-refractivity contribution < 1.29 is 9.53 Å². The Balaban J connectivity index is 2.39. The Labute approximate surface area is 117 Å². The van der Waals surface area contributed by atoms with E-state index in [0.717, 1.165) is 16.6 Å². The standard InChI is InChI=1S/C14H20BrNO2/c1-10(2)9-18-7-6-16-14(17)12-8-11(3)4-5-13(12)15/h4-5,8,10H,6-7,9H2,1-3H3,(H,16,17). The van der Waals surface area contributed by atoms with Crippen LogP contribution in [0.1, 0.15) is 29.8 Å². The van der Waals surface area contributed by atoms with Gasteiger partial charge in [-0.25, -0.2) is 0 Å². The Morgan fingerprint density at radius 2 is 2.17 bits per heavy atom. The Hall–Kier alpha value is -0.870. The van der Waals surface area contributed by atoms with Crippen LogP contribution < -0.4 is 5.32 Å². The molecule has 0 aromatic heterocycles. The molecule has 0 bridgehead atoms. The predicted molar refractivity (Wildman–Crippen MR) is 76.9 cm³/mol. The molecule has 1 amide bonds. The molecule has 0 atom stereocenters. The normalized spacial score (nSPS) is 10.7. The van der Waals surface area contributed by atoms with Gasteiger partial charge < -0.3 is 10.1 Å². The molecule has 0 aliphatic carbocycles. The van der Waals surface area contributed by atoms with Crippen LogP contribution in [0, 0.1) is 12.8 Å². The molecular weight excluding hydrogens is 294 g/mol. The number of nitrogens with one attached hydrogen (secondary N) is 1. The Morgan fingerprint density at radius 1 is 1.44 bits per heavy atom. The van der Waals surface area contributed by atoms with E-state index >= 15 is 0 Å². The average Bonchev–Trinajstić information content (AvgIpc) is 2.31. The van der Waals surface area contributed by atoms with Crippen LogP contribution in [0.15, 0.2) is 22.7 Å². The van der Waals surface area contributed by atoms with Crippen molar-refractivity contribution >= 4 is 21.8 Å². The first-order valence-corrected chi connectivity index (χ1v) is 6.92. The smallest absolute Gasteiger partial charge is 0.252 e. The summed E-state index contributed by atoms with van der Waals surface area (Å²) in [4.78, 5) is 11.9. The number of rotatable bonds is 6. The van der Waals surface area contributed by atoms with E-state index in [9.17, 15) is 4.79 Å². The summed E-state index contributed by atoms with van der Waals surface area (Å²) in [6.45, 7) is 7.98. The second kappa shape index (κ2) is 7.54. The van der Waals surface area contributed by atoms with E-state index in [2.05, 4.69) is 35.1 Å². The van der Waals surface area contributed by atoms with Crippen molar-refractivity contribution in [3.05, 3.63) is 33.8 Å². The third kappa shape index (κ3) is 5.19. The number of benzene rings is 1. The molecular formula is C14H20BrNO2. The molecule has 0 radical (unpaired) electrons. The number of hydrogen-bond acceptors (Lipinski definition) is 2. The molecule has 0 saturated carbocycles. The molecule has 0 saturated heterocycles. The molecule has 3 nitrogen and oxygen atoms in total. The van der Waals surface area contributed by atoms with Gasteiger partial charge in [0, 0.05) is 17.6 Å². The fraction of sp³-hybridized carbons (Fsp3) is 0.500. The van der Waals surface area contributed by atoms with Crippen molar-refractivity contribution in [2.75, 3.05) is 19.8 Å². The molecule has 0 heterocycles. The van der Waals surface area contributed by atoms with Gasteiger partial charge in [0.2, 0.25) is 0 Å². The Kier molecular flexibility index (Phi) is 6.36. The fourth-order valence-electron chi connectivity index (χ4n) is 1.46. The zero-order valence-electron chi connectivity index (χ0n) is 11.1. The van der Waals surface area contributed by atoms with Gasteiger partial charge in [0.1, 0.15) is 0 Å². The number of halogens is 1. The van der Waals surface area contributed by atoms with E-state index in [4.69, 9.17) is 4.74 Å². The minimum absolute atomic E-state index is 0.0706. The number of amides is 1. The molecule has 0 aliphatic rings. The van der Waals surface area contributed by atoms with Crippen LogP contribution >= 0.6 is 15.9 Å². The van der Waals surface area contributed by atoms with Crippen LogP contribution in [0.5, 0.6) is 0 Å². The zero-order chi connectivity index (χ0) is 13.5. The van der Waals surface area contributed by atoms with Crippen LogP contribution in [0.25, 0.3) is 0 Å². The van der Waals surface area contributed by atoms with Gasteiger partial charge in [-0.2, -0.15) is 0 Å². The number of carbonyl (C=O) groups is 1. The first-order chi connectivity index (χ1) is 8.50. The molecule has 0 unspecified atom stereocenters. The fourth-order valence-corrected chi connectivity index (χ4v) is 1.89. The highest BCUT2D eigenvalue weighted by Gasteiger charge is 2.09. The van der Waals surface area contributed by atoms with Crippen LogP contribution in [-0.4, -0.2) is 25.7 Å². The SMILES string of the molecule is Cc1ccc(Br)c(C(=O)NCCOCC(C)C)c1. The second-order valence-electron chi connectivity index (χ2n) is 4.71. The molecule has 4 heteroatoms. The summed E-state index contributed by atoms with van der Waals surface area (Å²) in [7, 11) is 0. The maximum absolute atomic E-state index is 11.9. The van der Waals surface area contributed by atoms with Crippen LogP contribution in [-0.2, 0) is 4.74 Å². The highest BCUT2D eigenvalue weighted by Crippen LogP contribution is 2.17. The molecule has 0 fully saturated rings. The molecule has 0 aliphatic heterocycles. The van der Waals surface area contributed by atoms with Crippen molar-refractivity contribution in [3.8, 4) is 0 Å². The van der Waals surface area contributed by atoms with Crippen molar-refractivity contribution in [2.45, 2.75) is 20.8 Å². The maximum atomic E-state index is 11.9. The first kappa shape index (κ1) is 15.2. The molecule has 1 rings (SSSR count). The summed E-state index contributed by atoms with van der Waals surface area (Å²) in [6.07, 6.45) is 0. The van der Waals surface area contributed by atoms with E-state index in [1.54, 1.807) is 0 Å². The zero-order valence-corrected chi connectivity index (χ0v) is 12.7. The minimum Gasteiger partial charge on any atom is -0.379 e. The highest BCUT2D eigenvalue weighted by atomic mass is 79.9. The Morgan fingerprint density at radius 3 is 2.83 bits per heavy atom. The van der Waals surface area contributed by atoms with Crippen LogP contribution in [0.4, 0.5) is 0 Å². The minimum atomic E-state index is -0.0706. The summed E-state index contributed by atoms with van der Waals surface area (Å²) in [6, 6.07) is 5.72. The summed E-state index contributed by atoms with van der Waals surface area (Å²) < 4.78 is 6.22. The van der Waals surface area contributed by atoms with E-state index in [-0.39, 0.29) is 5.91 Å². The summed E-state index contributed by atoms with van der Waals surface area (Å²) >= 11 is 3.38. The molecule has 1 aromatic carbocycles. The quantitative estimate of drug-likeness (QED) is 0.819. The summed E-state index contributed by atoms with van der Waals surface area (Å²) in [5, 5.41) is 2.85. The lowest BCUT2D eigenvalue weighted by Crippen LogP contribution is -2.28. The summed E-state index contributed by atoms with van der Waals surface area (Å²) in [5.41, 5.74) is 1.73. The molecule has 1 N–H and O–H groups in total. The third-order valence-electron chi connectivity index (χ3n) is 2.35. The molecule has 100 valence electrons. The van der Waals surface area contributed by atoms with Gasteiger partial charge in [-0.05, 0) is 40.9 Å². The topological polar surface area (TPSA) is 38.3 Å². The van der Waals surface area contributed by atoms with Crippen LogP contribution in [0.2, 0.25) is 0 Å². The lowest BCUT2D eigenvalue weighted by molar-refractivity contribution is 0.0885. The average molecular weight is 314 g/mol. The number of ether oxygens (including phenoxy) is 1. The lowest BCUT2D eigenvalue weighted by Gasteiger charge is -2.09. The van der Waals surface area contributed by atoms with Crippen molar-refractivity contribution in [1.82, 2.24) is 5.32 Å². The maximum Gasteiger partial charge on any atom is 0.252 e. The molecule has 1 aromatic rings. The number of aryl methyl sites for hydroxylation is 1. The van der Waals surface area contributed by atoms with Gasteiger partial charge in [0.05, 0.1) is 12.2 Å². The summed E-state index contributed by atoms with van der Waals surface area (Å²) in [5.74, 6) is 0.449. The van der Waals surface area contributed by atoms with E-state index in [1.165, 1.54) is 0 Å². The van der Waals surface area contributed by atoms with Crippen molar-refractivity contribution in [1.29, 1.82) is 0 Å². The lowest BCUT2D eigenvalue weighted by atomic mass is 10.1. The second-order valence-corrected chi connectivity index (χ2v) is 5.56. The van der Waals surface area contributed by atoms with Gasteiger partial charge in [0.25, 0.3) is 5.91 Å². The molecule has 18 heavy (non-hydrogen) atoms. The van der Waals surface area contributed by atoms with Gasteiger partial charge >= 0.3 is 0 Å². The highest BCUT2D eigenvalue weighted by molar-refractivity contribution is 9.10. The van der Waals surface area contributed by atoms with E-state index in [1.807, 2.05) is 25.1 Å². The van der Waals surface area contributed by atoms with Gasteiger partial charge in [0.15, 0.2) is 0 Å². The number of hydrogen-bond donors (Lipinski definition) is 1. The first-order valence-electron chi connectivity index (χ1n) is 6.12. The van der Waals surface area contributed by atoms with Crippen molar-refractivity contribution in [3.63, 3.8) is 0 Å². The van der Waals surface area contributed by atoms with E-state index in [0.29, 0.717) is 24.6 Å². The van der Waals surface area contributed by atoms with Crippen molar-refractivity contribution in [2.24, 2.45) is 5.92 Å². The third-order valence-corrected chi connectivity index (χ3v) is 3.04. The van der Waals surface area contributed by atoms with Gasteiger partial charge in [-0.15, -0.1) is 0 Å². The monoisotopic (exact) mass is 313 g/mol. The number of carbonyl (C=O) groups excluding carboxylic acids is 1. The molecule has 0 spiro atoms.